The lowest BCUT2D eigenvalue weighted by Crippen LogP contribution is -2.34. The molecule has 0 aliphatic carbocycles. The van der Waals surface area contributed by atoms with Crippen molar-refractivity contribution in [3.8, 4) is 0 Å². The van der Waals surface area contributed by atoms with Crippen LogP contribution in [0.25, 0.3) is 0 Å². The molecule has 2 rings (SSSR count). The van der Waals surface area contributed by atoms with Crippen molar-refractivity contribution >= 4 is 46.4 Å². The van der Waals surface area contributed by atoms with Crippen molar-refractivity contribution < 1.29 is 14.7 Å². The molecule has 0 radical (unpaired) electrons. The van der Waals surface area contributed by atoms with E-state index in [0.29, 0.717) is 41.1 Å². The third-order valence-electron chi connectivity index (χ3n) is 5.28. The molecule has 0 heterocycles. The zero-order valence-electron chi connectivity index (χ0n) is 22.2. The second-order valence-corrected chi connectivity index (χ2v) is 10.2. The van der Waals surface area contributed by atoms with Crippen molar-refractivity contribution in [1.82, 2.24) is 5.32 Å². The number of benzene rings is 2. The Kier molecular flexibility index (Phi) is 17.2. The smallest absolute Gasteiger partial charge is 0.146 e. The summed E-state index contributed by atoms with van der Waals surface area (Å²) in [4.78, 5) is 24.1. The Balaban J connectivity index is 0.000000651. The van der Waals surface area contributed by atoms with Crippen molar-refractivity contribution in [2.75, 3.05) is 26.2 Å². The highest BCUT2D eigenvalue weighted by Gasteiger charge is 2.30. The summed E-state index contributed by atoms with van der Waals surface area (Å²) in [6.07, 6.45) is 0.474. The molecule has 0 spiro atoms. The molecule has 0 saturated heterocycles. The number of aliphatic hydroxyl groups is 1. The van der Waals surface area contributed by atoms with Gasteiger partial charge in [-0.15, -0.1) is 0 Å². The average Bonchev–Trinajstić information content (AvgIpc) is 2.86. The van der Waals surface area contributed by atoms with Crippen molar-refractivity contribution in [2.45, 2.75) is 59.8 Å². The Morgan fingerprint density at radius 3 is 1.94 bits per heavy atom. The van der Waals surface area contributed by atoms with E-state index in [2.05, 4.69) is 5.32 Å². The topological polar surface area (TPSA) is 92.4 Å². The quantitative estimate of drug-likeness (QED) is 0.283. The molecule has 0 aliphatic rings. The zero-order valence-corrected chi connectivity index (χ0v) is 24.5. The fraction of sp³-hybridized carbons (Fsp3) is 0.500. The molecule has 2 atom stereocenters. The number of aliphatic hydroxyl groups excluding tert-OH is 1. The maximum absolute atomic E-state index is 12.5. The SMILES string of the molecule is CC.CC(C)(C)C(=O)C(CNCCO)c1ccc(Cl)cc1.CCC(=O)C(CN)c1ccc(Cl)c(Cl)c1. The Morgan fingerprint density at radius 1 is 0.944 bits per heavy atom. The minimum atomic E-state index is -0.398. The Morgan fingerprint density at radius 2 is 1.50 bits per heavy atom. The van der Waals surface area contributed by atoms with Gasteiger partial charge in [-0.2, -0.15) is 0 Å². The van der Waals surface area contributed by atoms with Crippen molar-refractivity contribution in [1.29, 1.82) is 0 Å². The fourth-order valence-corrected chi connectivity index (χ4v) is 3.77. The van der Waals surface area contributed by atoms with Gasteiger partial charge in [-0.05, 0) is 35.4 Å². The Hall–Kier alpha value is -1.47. The standard InChI is InChI=1S/C15H22ClNO2.C11H13Cl2NO.C2H6/c1-15(2,3)14(19)13(10-17-8-9-18)11-4-6-12(16)7-5-11;1-2-11(15)8(6-14)7-3-4-9(12)10(13)5-7;1-2/h4-7,13,17-18H,8-10H2,1-3H3;3-5,8H,2,6,14H2,1H3;1-2H3. The third-order valence-corrected chi connectivity index (χ3v) is 6.27. The first-order chi connectivity index (χ1) is 17.0. The van der Waals surface area contributed by atoms with Crippen molar-refractivity contribution in [2.24, 2.45) is 11.1 Å². The molecule has 36 heavy (non-hydrogen) atoms. The van der Waals surface area contributed by atoms with E-state index in [1.165, 1.54) is 0 Å². The molecule has 2 aromatic rings. The van der Waals surface area contributed by atoms with Gasteiger partial charge in [0.1, 0.15) is 11.6 Å². The van der Waals surface area contributed by atoms with Gasteiger partial charge in [0.15, 0.2) is 0 Å². The van der Waals surface area contributed by atoms with Gasteiger partial charge in [-0.3, -0.25) is 9.59 Å². The number of rotatable bonds is 10. The summed E-state index contributed by atoms with van der Waals surface area (Å²) < 4.78 is 0. The molecule has 4 N–H and O–H groups in total. The molecule has 8 heteroatoms. The highest BCUT2D eigenvalue weighted by atomic mass is 35.5. The zero-order chi connectivity index (χ0) is 27.9. The fourth-order valence-electron chi connectivity index (χ4n) is 3.33. The van der Waals surface area contributed by atoms with Crippen LogP contribution in [0.2, 0.25) is 15.1 Å². The second-order valence-electron chi connectivity index (χ2n) is 8.93. The van der Waals surface area contributed by atoms with E-state index in [1.54, 1.807) is 30.3 Å². The van der Waals surface area contributed by atoms with Gasteiger partial charge in [0.25, 0.3) is 0 Å². The van der Waals surface area contributed by atoms with Crippen LogP contribution in [-0.2, 0) is 9.59 Å². The number of Topliss-reactive ketones (excluding diaryl/α,β-unsaturated/α-hetero) is 2. The number of nitrogens with two attached hydrogens (primary N) is 1. The van der Waals surface area contributed by atoms with Crippen molar-refractivity contribution in [3.05, 3.63) is 68.7 Å². The Bertz CT molecular complexity index is 929. The van der Waals surface area contributed by atoms with E-state index in [-0.39, 0.29) is 30.0 Å². The molecule has 0 aliphatic heterocycles. The summed E-state index contributed by atoms with van der Waals surface area (Å²) in [5.41, 5.74) is 6.96. The first-order valence-corrected chi connectivity index (χ1v) is 13.4. The van der Waals surface area contributed by atoms with Gasteiger partial charge in [0.2, 0.25) is 0 Å². The predicted octanol–water partition coefficient (Wildman–Crippen LogP) is 6.66. The number of carbonyl (C=O) groups excluding carboxylic acids is 2. The van der Waals surface area contributed by atoms with Crippen LogP contribution in [0.5, 0.6) is 0 Å². The molecule has 5 nitrogen and oxygen atoms in total. The van der Waals surface area contributed by atoms with Gasteiger partial charge in [0, 0.05) is 36.5 Å². The number of hydrogen-bond donors (Lipinski definition) is 3. The molecular weight excluding hydrogens is 519 g/mol. The summed E-state index contributed by atoms with van der Waals surface area (Å²) >= 11 is 17.6. The minimum absolute atomic E-state index is 0.0665. The number of nitrogens with one attached hydrogen (secondary N) is 1. The van der Waals surface area contributed by atoms with E-state index >= 15 is 0 Å². The minimum Gasteiger partial charge on any atom is -0.395 e. The van der Waals surface area contributed by atoms with Crippen LogP contribution in [0.4, 0.5) is 0 Å². The summed E-state index contributed by atoms with van der Waals surface area (Å²) in [5.74, 6) is -0.190. The van der Waals surface area contributed by atoms with E-state index in [4.69, 9.17) is 45.6 Å². The summed E-state index contributed by atoms with van der Waals surface area (Å²) in [7, 11) is 0. The second kappa shape index (κ2) is 17.9. The maximum Gasteiger partial charge on any atom is 0.146 e. The molecular formula is C28H41Cl3N2O3. The van der Waals surface area contributed by atoms with Crippen molar-refractivity contribution in [3.63, 3.8) is 0 Å². The molecule has 0 aromatic heterocycles. The summed E-state index contributed by atoms with van der Waals surface area (Å²) in [5, 5.41) is 13.5. The van der Waals surface area contributed by atoms with Crippen LogP contribution in [-0.4, -0.2) is 42.9 Å². The van der Waals surface area contributed by atoms with Gasteiger partial charge in [-0.25, -0.2) is 0 Å². The predicted molar refractivity (Wildman–Crippen MR) is 154 cm³/mol. The first-order valence-electron chi connectivity index (χ1n) is 12.2. The monoisotopic (exact) mass is 558 g/mol. The van der Waals surface area contributed by atoms with Gasteiger partial charge < -0.3 is 16.2 Å². The average molecular weight is 560 g/mol. The molecule has 0 amide bonds. The lowest BCUT2D eigenvalue weighted by atomic mass is 9.80. The van der Waals surface area contributed by atoms with Crippen LogP contribution >= 0.6 is 34.8 Å². The normalized spacial score (nSPS) is 12.4. The molecule has 2 unspecified atom stereocenters. The summed E-state index contributed by atoms with van der Waals surface area (Å²) in [6.45, 7) is 13.0. The third kappa shape index (κ3) is 11.7. The highest BCUT2D eigenvalue weighted by molar-refractivity contribution is 6.42. The highest BCUT2D eigenvalue weighted by Crippen LogP contribution is 2.28. The van der Waals surface area contributed by atoms with Gasteiger partial charge in [0.05, 0.1) is 28.5 Å². The van der Waals surface area contributed by atoms with E-state index in [9.17, 15) is 9.59 Å². The number of halogens is 3. The van der Waals surface area contributed by atoms with Crippen LogP contribution in [0, 0.1) is 5.41 Å². The van der Waals surface area contributed by atoms with E-state index in [1.807, 2.05) is 53.7 Å². The molecule has 202 valence electrons. The van der Waals surface area contributed by atoms with Crippen LogP contribution in [0.3, 0.4) is 0 Å². The summed E-state index contributed by atoms with van der Waals surface area (Å²) in [6, 6.07) is 12.5. The number of hydrogen-bond acceptors (Lipinski definition) is 5. The van der Waals surface area contributed by atoms with E-state index < -0.39 is 5.41 Å². The van der Waals surface area contributed by atoms with Crippen LogP contribution in [0.15, 0.2) is 42.5 Å². The molecule has 0 saturated carbocycles. The van der Waals surface area contributed by atoms with Crippen LogP contribution < -0.4 is 11.1 Å². The Labute approximate surface area is 231 Å². The van der Waals surface area contributed by atoms with Gasteiger partial charge in [-0.1, -0.05) is 94.5 Å². The van der Waals surface area contributed by atoms with Crippen LogP contribution in [0.1, 0.15) is 70.9 Å². The number of ketones is 2. The molecule has 0 bridgehead atoms. The molecule has 2 aromatic carbocycles. The lowest BCUT2D eigenvalue weighted by molar-refractivity contribution is -0.127. The largest absolute Gasteiger partial charge is 0.395 e. The molecule has 0 fully saturated rings. The first kappa shape index (κ1) is 34.5. The maximum atomic E-state index is 12.5. The van der Waals surface area contributed by atoms with E-state index in [0.717, 1.165) is 11.1 Å². The lowest BCUT2D eigenvalue weighted by Gasteiger charge is -2.25. The van der Waals surface area contributed by atoms with Gasteiger partial charge >= 0.3 is 0 Å². The number of carbonyl (C=O) groups is 2.